The second kappa shape index (κ2) is 9.96. The number of thioether (sulfide) groups is 1. The van der Waals surface area contributed by atoms with Crippen LogP contribution in [0.5, 0.6) is 0 Å². The number of hydrogen-bond donors (Lipinski definition) is 1. The lowest BCUT2D eigenvalue weighted by molar-refractivity contribution is -0.134. The van der Waals surface area contributed by atoms with E-state index in [0.717, 1.165) is 25.0 Å². The minimum Gasteiger partial charge on any atom is -0.347 e. The lowest BCUT2D eigenvalue weighted by Gasteiger charge is -2.39. The number of amides is 3. The molecule has 2 fully saturated rings. The van der Waals surface area contributed by atoms with Crippen LogP contribution < -0.4 is 5.32 Å². The maximum absolute atomic E-state index is 12.9. The zero-order chi connectivity index (χ0) is 21.7. The molecular formula is C21H29N3O4S2. The van der Waals surface area contributed by atoms with E-state index in [1.807, 2.05) is 16.1 Å². The van der Waals surface area contributed by atoms with E-state index in [1.165, 1.54) is 18.3 Å². The standard InChI is InChI=1S/C21H29N3O4S2/c1-15(26)17-3-4-18(30-17)20(28)23-9-6-21(7-10-23)8-11-24(13-21)19(27)16(22-14-25)5-12-29-2/h3-4,14,16H,5-13H2,1-2H3,(H,22,25)/t16-/m0/s1. The highest BCUT2D eigenvalue weighted by Crippen LogP contribution is 2.41. The summed E-state index contributed by atoms with van der Waals surface area (Å²) in [5.41, 5.74) is 0.0532. The van der Waals surface area contributed by atoms with E-state index in [-0.39, 0.29) is 23.0 Å². The summed E-state index contributed by atoms with van der Waals surface area (Å²) in [6, 6.07) is 2.99. The van der Waals surface area contributed by atoms with Crippen LogP contribution in [0.1, 0.15) is 52.0 Å². The average Bonchev–Trinajstić information content (AvgIpc) is 3.39. The Morgan fingerprint density at radius 3 is 2.37 bits per heavy atom. The second-order valence-corrected chi connectivity index (χ2v) is 10.2. The van der Waals surface area contributed by atoms with Crippen molar-refractivity contribution in [3.63, 3.8) is 0 Å². The van der Waals surface area contributed by atoms with Gasteiger partial charge in [0.15, 0.2) is 5.78 Å². The van der Waals surface area contributed by atoms with E-state index in [1.54, 1.807) is 23.9 Å². The van der Waals surface area contributed by atoms with Crippen molar-refractivity contribution in [2.24, 2.45) is 5.41 Å². The fourth-order valence-electron chi connectivity index (χ4n) is 4.33. The van der Waals surface area contributed by atoms with Crippen LogP contribution in [0.3, 0.4) is 0 Å². The number of nitrogens with one attached hydrogen (secondary N) is 1. The Kier molecular flexibility index (Phi) is 7.57. The van der Waals surface area contributed by atoms with Gasteiger partial charge >= 0.3 is 0 Å². The molecule has 30 heavy (non-hydrogen) atoms. The maximum atomic E-state index is 12.9. The van der Waals surface area contributed by atoms with Crippen molar-refractivity contribution < 1.29 is 19.2 Å². The SMILES string of the molecule is CSCC[C@H](NC=O)C(=O)N1CCC2(CCN(C(=O)c3ccc(C(C)=O)s3)CC2)C1. The second-order valence-electron chi connectivity index (χ2n) is 8.14. The number of carbonyl (C=O) groups is 4. The van der Waals surface area contributed by atoms with Crippen molar-refractivity contribution in [3.05, 3.63) is 21.9 Å². The molecule has 9 heteroatoms. The molecule has 3 amide bonds. The van der Waals surface area contributed by atoms with Crippen LogP contribution in [-0.4, -0.2) is 78.0 Å². The molecule has 0 radical (unpaired) electrons. The van der Waals surface area contributed by atoms with Crippen LogP contribution in [0, 0.1) is 5.41 Å². The Morgan fingerprint density at radius 2 is 1.80 bits per heavy atom. The summed E-state index contributed by atoms with van der Waals surface area (Å²) in [4.78, 5) is 53.0. The number of Topliss-reactive ketones (excluding diaryl/α,β-unsaturated/α-hetero) is 1. The van der Waals surface area contributed by atoms with Gasteiger partial charge in [-0.2, -0.15) is 11.8 Å². The highest BCUT2D eigenvalue weighted by Gasteiger charge is 2.43. The molecule has 7 nitrogen and oxygen atoms in total. The molecule has 2 aliphatic heterocycles. The van der Waals surface area contributed by atoms with Gasteiger partial charge in [-0.15, -0.1) is 11.3 Å². The number of likely N-dealkylation sites (tertiary alicyclic amines) is 2. The molecule has 1 atom stereocenters. The minimum absolute atomic E-state index is 0.00174. The van der Waals surface area contributed by atoms with Crippen molar-refractivity contribution in [2.45, 2.75) is 38.6 Å². The zero-order valence-corrected chi connectivity index (χ0v) is 19.2. The van der Waals surface area contributed by atoms with Crippen LogP contribution in [-0.2, 0) is 9.59 Å². The summed E-state index contributed by atoms with van der Waals surface area (Å²) in [5.74, 6) is 0.788. The molecule has 0 aromatic carbocycles. The van der Waals surface area contributed by atoms with Crippen molar-refractivity contribution in [3.8, 4) is 0 Å². The molecule has 1 aromatic heterocycles. The van der Waals surface area contributed by atoms with Gasteiger partial charge in [0.2, 0.25) is 12.3 Å². The number of ketones is 1. The van der Waals surface area contributed by atoms with Crippen molar-refractivity contribution in [1.82, 2.24) is 15.1 Å². The molecule has 1 aromatic rings. The van der Waals surface area contributed by atoms with Crippen LogP contribution >= 0.6 is 23.1 Å². The molecule has 1 spiro atoms. The first kappa shape index (κ1) is 22.8. The molecule has 2 aliphatic rings. The van der Waals surface area contributed by atoms with Crippen molar-refractivity contribution in [2.75, 3.05) is 38.2 Å². The van der Waals surface area contributed by atoms with E-state index < -0.39 is 6.04 Å². The molecule has 164 valence electrons. The molecule has 0 unspecified atom stereocenters. The Hall–Kier alpha value is -1.87. The number of hydrogen-bond acceptors (Lipinski definition) is 6. The van der Waals surface area contributed by atoms with E-state index in [2.05, 4.69) is 5.32 Å². The molecule has 2 saturated heterocycles. The monoisotopic (exact) mass is 451 g/mol. The first-order valence-electron chi connectivity index (χ1n) is 10.3. The van der Waals surface area contributed by atoms with Gasteiger partial charge in [0.1, 0.15) is 6.04 Å². The number of rotatable bonds is 8. The lowest BCUT2D eigenvalue weighted by Crippen LogP contribution is -2.48. The largest absolute Gasteiger partial charge is 0.347 e. The molecule has 0 saturated carbocycles. The van der Waals surface area contributed by atoms with Crippen LogP contribution in [0.4, 0.5) is 0 Å². The molecule has 0 aliphatic carbocycles. The third kappa shape index (κ3) is 5.06. The number of piperidine rings is 1. The van der Waals surface area contributed by atoms with E-state index in [9.17, 15) is 19.2 Å². The summed E-state index contributed by atoms with van der Waals surface area (Å²) in [7, 11) is 0. The predicted octanol–water partition coefficient (Wildman–Crippen LogP) is 2.27. The van der Waals surface area contributed by atoms with Gasteiger partial charge in [0.05, 0.1) is 9.75 Å². The fourth-order valence-corrected chi connectivity index (χ4v) is 5.67. The summed E-state index contributed by atoms with van der Waals surface area (Å²) >= 11 is 2.91. The predicted molar refractivity (Wildman–Crippen MR) is 119 cm³/mol. The van der Waals surface area contributed by atoms with Crippen LogP contribution in [0.25, 0.3) is 0 Å². The lowest BCUT2D eigenvalue weighted by atomic mass is 9.77. The molecule has 3 heterocycles. The van der Waals surface area contributed by atoms with Gasteiger partial charge in [0, 0.05) is 26.2 Å². The topological polar surface area (TPSA) is 86.8 Å². The summed E-state index contributed by atoms with van der Waals surface area (Å²) in [6.07, 6.45) is 5.90. The van der Waals surface area contributed by atoms with Crippen LogP contribution in [0.15, 0.2) is 12.1 Å². The normalized spacial score (nSPS) is 19.0. The van der Waals surface area contributed by atoms with Crippen molar-refractivity contribution >= 4 is 47.1 Å². The summed E-state index contributed by atoms with van der Waals surface area (Å²) in [5, 5.41) is 2.67. The third-order valence-electron chi connectivity index (χ3n) is 6.20. The first-order valence-corrected chi connectivity index (χ1v) is 12.5. The molecule has 0 bridgehead atoms. The average molecular weight is 452 g/mol. The van der Waals surface area contributed by atoms with Gasteiger partial charge in [-0.25, -0.2) is 0 Å². The summed E-state index contributed by atoms with van der Waals surface area (Å²) in [6.45, 7) is 4.23. The van der Waals surface area contributed by atoms with E-state index in [0.29, 0.717) is 48.8 Å². The summed E-state index contributed by atoms with van der Waals surface area (Å²) < 4.78 is 0. The molecular weight excluding hydrogens is 422 g/mol. The van der Waals surface area contributed by atoms with Gasteiger partial charge in [-0.3, -0.25) is 19.2 Å². The Morgan fingerprint density at radius 1 is 1.17 bits per heavy atom. The minimum atomic E-state index is -0.457. The van der Waals surface area contributed by atoms with Crippen LogP contribution in [0.2, 0.25) is 0 Å². The Balaban J connectivity index is 1.56. The van der Waals surface area contributed by atoms with Gasteiger partial charge in [0.25, 0.3) is 5.91 Å². The Labute approximate surface area is 185 Å². The quantitative estimate of drug-likeness (QED) is 0.484. The molecule has 1 N–H and O–H groups in total. The van der Waals surface area contributed by atoms with Crippen molar-refractivity contribution in [1.29, 1.82) is 0 Å². The third-order valence-corrected chi connectivity index (χ3v) is 8.02. The molecule has 3 rings (SSSR count). The van der Waals surface area contributed by atoms with E-state index in [4.69, 9.17) is 0 Å². The van der Waals surface area contributed by atoms with Gasteiger partial charge < -0.3 is 15.1 Å². The fraction of sp³-hybridized carbons (Fsp3) is 0.619. The van der Waals surface area contributed by atoms with Gasteiger partial charge in [-0.1, -0.05) is 0 Å². The number of nitrogens with zero attached hydrogens (tertiary/aromatic N) is 2. The Bertz CT molecular complexity index is 802. The maximum Gasteiger partial charge on any atom is 0.263 e. The number of thiophene rings is 1. The highest BCUT2D eigenvalue weighted by molar-refractivity contribution is 7.98. The van der Waals surface area contributed by atoms with Gasteiger partial charge in [-0.05, 0) is 62.2 Å². The first-order chi connectivity index (χ1) is 14.4. The highest BCUT2D eigenvalue weighted by atomic mass is 32.2. The smallest absolute Gasteiger partial charge is 0.263 e. The van der Waals surface area contributed by atoms with E-state index >= 15 is 0 Å². The zero-order valence-electron chi connectivity index (χ0n) is 17.5. The number of carbonyl (C=O) groups excluding carboxylic acids is 4.